The minimum absolute atomic E-state index is 0. The van der Waals surface area contributed by atoms with E-state index in [-0.39, 0.29) is 42.3 Å². The average molecular weight is 370 g/mol. The lowest BCUT2D eigenvalue weighted by molar-refractivity contribution is -0.125. The highest BCUT2D eigenvalue weighted by Crippen LogP contribution is 2.30. The molecule has 0 atom stereocenters. The molecule has 0 aromatic heterocycles. The van der Waals surface area contributed by atoms with Gasteiger partial charge in [0.2, 0.25) is 5.91 Å². The predicted molar refractivity (Wildman–Crippen MR) is 101 cm³/mol. The van der Waals surface area contributed by atoms with Crippen LogP contribution in [0.15, 0.2) is 24.3 Å². The molecule has 0 bridgehead atoms. The number of benzene rings is 1. The lowest BCUT2D eigenvalue weighted by atomic mass is 9.93. The molecule has 0 saturated heterocycles. The van der Waals surface area contributed by atoms with E-state index >= 15 is 0 Å². The quantitative estimate of drug-likeness (QED) is 0.623. The first-order chi connectivity index (χ1) is 11.5. The van der Waals surface area contributed by atoms with E-state index in [9.17, 15) is 9.59 Å². The summed E-state index contributed by atoms with van der Waals surface area (Å²) in [4.78, 5) is 23.9. The van der Waals surface area contributed by atoms with Crippen molar-refractivity contribution in [3.8, 4) is 5.75 Å². The lowest BCUT2D eigenvalue weighted by Gasteiger charge is -2.31. The zero-order valence-electron chi connectivity index (χ0n) is 14.8. The molecule has 1 aliphatic rings. The molecule has 1 aliphatic carbocycles. The molecule has 1 aromatic rings. The molecule has 4 N–H and O–H groups in total. The van der Waals surface area contributed by atoms with Gasteiger partial charge < -0.3 is 21.1 Å². The van der Waals surface area contributed by atoms with Crippen molar-refractivity contribution in [1.29, 1.82) is 0 Å². The molecule has 0 spiro atoms. The first-order valence-corrected chi connectivity index (χ1v) is 8.56. The van der Waals surface area contributed by atoms with Gasteiger partial charge in [-0.3, -0.25) is 9.59 Å². The van der Waals surface area contributed by atoms with E-state index in [2.05, 4.69) is 10.6 Å². The molecule has 0 radical (unpaired) electrons. The molecule has 2 amide bonds. The van der Waals surface area contributed by atoms with Crippen LogP contribution < -0.4 is 21.1 Å². The summed E-state index contributed by atoms with van der Waals surface area (Å²) in [5.74, 6) is 0.540. The molecule has 2 rings (SSSR count). The van der Waals surface area contributed by atoms with Gasteiger partial charge in [0.1, 0.15) is 5.75 Å². The Morgan fingerprint density at radius 1 is 1.28 bits per heavy atom. The number of rotatable bonds is 9. The van der Waals surface area contributed by atoms with E-state index in [1.807, 2.05) is 13.8 Å². The normalized spacial score (nSPS) is 13.6. The molecule has 25 heavy (non-hydrogen) atoms. The smallest absolute Gasteiger partial charge is 0.258 e. The number of anilines is 1. The van der Waals surface area contributed by atoms with E-state index in [1.54, 1.807) is 24.3 Å². The van der Waals surface area contributed by atoms with Crippen LogP contribution in [0.5, 0.6) is 5.75 Å². The second-order valence-electron chi connectivity index (χ2n) is 6.32. The third-order valence-electron chi connectivity index (χ3n) is 4.57. The van der Waals surface area contributed by atoms with Crippen LogP contribution in [-0.4, -0.2) is 30.5 Å². The average Bonchev–Trinajstić information content (AvgIpc) is 3.43. The molecular formula is C18H28ClN3O3. The zero-order valence-corrected chi connectivity index (χ0v) is 15.7. The van der Waals surface area contributed by atoms with Crippen molar-refractivity contribution in [3.63, 3.8) is 0 Å². The monoisotopic (exact) mass is 369 g/mol. The van der Waals surface area contributed by atoms with E-state index < -0.39 is 0 Å². The van der Waals surface area contributed by atoms with Crippen molar-refractivity contribution in [2.45, 2.75) is 45.1 Å². The van der Waals surface area contributed by atoms with E-state index in [4.69, 9.17) is 10.5 Å². The largest absolute Gasteiger partial charge is 0.484 e. The van der Waals surface area contributed by atoms with Gasteiger partial charge >= 0.3 is 0 Å². The molecule has 0 heterocycles. The number of carbonyl (C=O) groups excluding carboxylic acids is 2. The van der Waals surface area contributed by atoms with Crippen LogP contribution in [0.2, 0.25) is 0 Å². The fourth-order valence-electron chi connectivity index (χ4n) is 2.50. The highest BCUT2D eigenvalue weighted by molar-refractivity contribution is 5.94. The number of nitrogens with two attached hydrogens (primary N) is 1. The Morgan fingerprint density at radius 3 is 2.52 bits per heavy atom. The second kappa shape index (κ2) is 9.63. The Kier molecular flexibility index (Phi) is 8.19. The summed E-state index contributed by atoms with van der Waals surface area (Å²) in [6.07, 6.45) is 3.46. The third kappa shape index (κ3) is 6.21. The molecule has 140 valence electrons. The topological polar surface area (TPSA) is 93.4 Å². The van der Waals surface area contributed by atoms with Crippen molar-refractivity contribution < 1.29 is 14.3 Å². The van der Waals surface area contributed by atoms with Crippen LogP contribution in [0.3, 0.4) is 0 Å². The molecule has 0 unspecified atom stereocenters. The van der Waals surface area contributed by atoms with Crippen LogP contribution >= 0.6 is 12.4 Å². The van der Waals surface area contributed by atoms with Crippen molar-refractivity contribution in [1.82, 2.24) is 5.32 Å². The maximum Gasteiger partial charge on any atom is 0.258 e. The number of ether oxygens (including phenoxy) is 1. The summed E-state index contributed by atoms with van der Waals surface area (Å²) >= 11 is 0. The molecule has 1 saturated carbocycles. The van der Waals surface area contributed by atoms with Gasteiger partial charge in [0.25, 0.3) is 5.91 Å². The van der Waals surface area contributed by atoms with Gasteiger partial charge in [-0.15, -0.1) is 12.4 Å². The Bertz CT molecular complexity index is 578. The zero-order chi connectivity index (χ0) is 17.6. The fourth-order valence-corrected chi connectivity index (χ4v) is 2.50. The standard InChI is InChI=1S/C18H27N3O3.ClH/c1-3-18(4-2,12-19)21-16(22)11-24-15-7-5-6-14(10-15)20-17(23)13-8-9-13;/h5-7,10,13H,3-4,8-9,11-12,19H2,1-2H3,(H,20,23)(H,21,22);1H. The van der Waals surface area contributed by atoms with E-state index in [0.29, 0.717) is 18.0 Å². The van der Waals surface area contributed by atoms with Crippen LogP contribution in [0.4, 0.5) is 5.69 Å². The third-order valence-corrected chi connectivity index (χ3v) is 4.57. The molecule has 6 nitrogen and oxygen atoms in total. The van der Waals surface area contributed by atoms with Crippen LogP contribution in [0.25, 0.3) is 0 Å². The summed E-state index contributed by atoms with van der Waals surface area (Å²) in [7, 11) is 0. The Hall–Kier alpha value is -1.79. The van der Waals surface area contributed by atoms with Crippen molar-refractivity contribution in [2.75, 3.05) is 18.5 Å². The van der Waals surface area contributed by atoms with Crippen LogP contribution in [0, 0.1) is 5.92 Å². The van der Waals surface area contributed by atoms with Crippen LogP contribution in [0.1, 0.15) is 39.5 Å². The maximum atomic E-state index is 12.1. The Balaban J connectivity index is 0.00000312. The molecule has 0 aliphatic heterocycles. The number of hydrogen-bond acceptors (Lipinski definition) is 4. The Labute approximate surface area is 155 Å². The number of amides is 2. The van der Waals surface area contributed by atoms with Gasteiger partial charge in [-0.1, -0.05) is 19.9 Å². The van der Waals surface area contributed by atoms with Gasteiger partial charge in [-0.05, 0) is 37.8 Å². The fraction of sp³-hybridized carbons (Fsp3) is 0.556. The number of halogens is 1. The minimum atomic E-state index is -0.374. The molecule has 7 heteroatoms. The number of carbonyl (C=O) groups is 2. The minimum Gasteiger partial charge on any atom is -0.484 e. The van der Waals surface area contributed by atoms with Gasteiger partial charge in [0.15, 0.2) is 6.61 Å². The number of hydrogen-bond donors (Lipinski definition) is 3. The summed E-state index contributed by atoms with van der Waals surface area (Å²) in [6.45, 7) is 4.32. The first-order valence-electron chi connectivity index (χ1n) is 8.56. The van der Waals surface area contributed by atoms with Gasteiger partial charge in [-0.2, -0.15) is 0 Å². The summed E-state index contributed by atoms with van der Waals surface area (Å²) in [6, 6.07) is 7.08. The molecule has 1 aromatic carbocycles. The summed E-state index contributed by atoms with van der Waals surface area (Å²) in [5.41, 5.74) is 6.09. The maximum absolute atomic E-state index is 12.1. The number of nitrogens with one attached hydrogen (secondary N) is 2. The van der Waals surface area contributed by atoms with Gasteiger partial charge in [0, 0.05) is 24.2 Å². The van der Waals surface area contributed by atoms with Crippen LogP contribution in [-0.2, 0) is 9.59 Å². The second-order valence-corrected chi connectivity index (χ2v) is 6.32. The predicted octanol–water partition coefficient (Wildman–Crippen LogP) is 2.47. The first kappa shape index (κ1) is 21.3. The summed E-state index contributed by atoms with van der Waals surface area (Å²) < 4.78 is 5.54. The van der Waals surface area contributed by atoms with Gasteiger partial charge in [-0.25, -0.2) is 0 Å². The Morgan fingerprint density at radius 2 is 1.96 bits per heavy atom. The van der Waals surface area contributed by atoms with E-state index in [1.165, 1.54) is 0 Å². The molecule has 1 fully saturated rings. The SMILES string of the molecule is CCC(CC)(CN)NC(=O)COc1cccc(NC(=O)C2CC2)c1.Cl. The highest BCUT2D eigenvalue weighted by atomic mass is 35.5. The summed E-state index contributed by atoms with van der Waals surface area (Å²) in [5, 5.41) is 5.82. The van der Waals surface area contributed by atoms with Gasteiger partial charge in [0.05, 0.1) is 5.54 Å². The lowest BCUT2D eigenvalue weighted by Crippen LogP contribution is -2.54. The van der Waals surface area contributed by atoms with Crippen molar-refractivity contribution in [2.24, 2.45) is 11.7 Å². The van der Waals surface area contributed by atoms with E-state index in [0.717, 1.165) is 25.7 Å². The van der Waals surface area contributed by atoms with Crippen molar-refractivity contribution >= 4 is 29.9 Å². The van der Waals surface area contributed by atoms with Crippen molar-refractivity contribution in [3.05, 3.63) is 24.3 Å². The molecular weight excluding hydrogens is 342 g/mol. The highest BCUT2D eigenvalue weighted by Gasteiger charge is 2.29.